The molecule has 6 heteroatoms. The van der Waals surface area contributed by atoms with Crippen molar-refractivity contribution in [2.75, 3.05) is 0 Å². The molecule has 0 aromatic carbocycles. The number of rotatable bonds is 2. The second kappa shape index (κ2) is 6.22. The van der Waals surface area contributed by atoms with Crippen LogP contribution in [0, 0.1) is 5.92 Å². The maximum Gasteiger partial charge on any atom is 0.407 e. The highest BCUT2D eigenvalue weighted by molar-refractivity contribution is 5.74. The molecule has 3 atom stereocenters. The minimum atomic E-state index is -0.768. The first-order chi connectivity index (χ1) is 9.37. The number of carbonyl (C=O) groups is 2. The lowest BCUT2D eigenvalue weighted by Gasteiger charge is -2.23. The third-order valence-corrected chi connectivity index (χ3v) is 2.97. The number of nitrogens with one attached hydrogen (secondary N) is 1. The van der Waals surface area contributed by atoms with Crippen molar-refractivity contribution < 1.29 is 24.2 Å². The zero-order valence-corrected chi connectivity index (χ0v) is 13.7. The Kier molecular flexibility index (Phi) is 5.25. The van der Waals surface area contributed by atoms with E-state index in [2.05, 4.69) is 5.32 Å². The highest BCUT2D eigenvalue weighted by atomic mass is 16.6. The number of hydrogen-bond donors (Lipinski definition) is 2. The highest BCUT2D eigenvalue weighted by Gasteiger charge is 2.40. The number of alkyl carbamates (subject to hydrolysis) is 1. The van der Waals surface area contributed by atoms with E-state index in [0.29, 0.717) is 6.42 Å². The summed E-state index contributed by atoms with van der Waals surface area (Å²) in [6.07, 6.45) is -0.712. The smallest absolute Gasteiger partial charge is 0.407 e. The van der Waals surface area contributed by atoms with E-state index in [1.54, 1.807) is 41.5 Å². The predicted molar refractivity (Wildman–Crippen MR) is 77.7 cm³/mol. The van der Waals surface area contributed by atoms with Crippen molar-refractivity contribution in [1.82, 2.24) is 5.32 Å². The second-order valence-electron chi connectivity index (χ2n) is 7.52. The third kappa shape index (κ3) is 6.33. The van der Waals surface area contributed by atoms with Crippen LogP contribution in [-0.2, 0) is 14.3 Å². The van der Waals surface area contributed by atoms with E-state index in [0.717, 1.165) is 0 Å². The molecule has 0 unspecified atom stereocenters. The highest BCUT2D eigenvalue weighted by Crippen LogP contribution is 2.29. The van der Waals surface area contributed by atoms with Gasteiger partial charge < -0.3 is 19.9 Å². The molecule has 0 radical (unpaired) electrons. The lowest BCUT2D eigenvalue weighted by molar-refractivity contribution is -0.160. The molecule has 0 saturated heterocycles. The summed E-state index contributed by atoms with van der Waals surface area (Å²) < 4.78 is 10.5. The zero-order valence-electron chi connectivity index (χ0n) is 13.7. The summed E-state index contributed by atoms with van der Waals surface area (Å²) in [5, 5.41) is 12.6. The maximum atomic E-state index is 12.0. The fourth-order valence-corrected chi connectivity index (χ4v) is 2.21. The van der Waals surface area contributed by atoms with Crippen LogP contribution in [0.2, 0.25) is 0 Å². The molecule has 2 N–H and O–H groups in total. The van der Waals surface area contributed by atoms with Gasteiger partial charge in [0.2, 0.25) is 0 Å². The summed E-state index contributed by atoms with van der Waals surface area (Å²) >= 11 is 0. The topological polar surface area (TPSA) is 84.9 Å². The number of carbonyl (C=O) groups excluding carboxylic acids is 2. The average molecular weight is 301 g/mol. The van der Waals surface area contributed by atoms with Crippen molar-refractivity contribution in [2.24, 2.45) is 5.92 Å². The van der Waals surface area contributed by atoms with Crippen molar-refractivity contribution in [3.8, 4) is 0 Å². The first-order valence-electron chi connectivity index (χ1n) is 7.28. The molecule has 1 aliphatic carbocycles. The molecule has 0 aromatic rings. The zero-order chi connectivity index (χ0) is 16.4. The quantitative estimate of drug-likeness (QED) is 0.762. The van der Waals surface area contributed by atoms with Crippen molar-refractivity contribution in [2.45, 2.75) is 77.7 Å². The van der Waals surface area contributed by atoms with Crippen LogP contribution in [0.3, 0.4) is 0 Å². The van der Waals surface area contributed by atoms with Gasteiger partial charge in [-0.05, 0) is 54.4 Å². The van der Waals surface area contributed by atoms with Crippen molar-refractivity contribution in [3.05, 3.63) is 0 Å². The van der Waals surface area contributed by atoms with Gasteiger partial charge in [-0.15, -0.1) is 0 Å². The minimum Gasteiger partial charge on any atom is -0.460 e. The van der Waals surface area contributed by atoms with Gasteiger partial charge in [-0.2, -0.15) is 0 Å². The normalized spacial score (nSPS) is 26.3. The monoisotopic (exact) mass is 301 g/mol. The molecule has 1 amide bonds. The molecule has 0 heterocycles. The number of amides is 1. The molecule has 21 heavy (non-hydrogen) atoms. The maximum absolute atomic E-state index is 12.0. The molecule has 1 rings (SSSR count). The van der Waals surface area contributed by atoms with Crippen molar-refractivity contribution in [1.29, 1.82) is 0 Å². The second-order valence-corrected chi connectivity index (χ2v) is 7.52. The number of aliphatic hydroxyl groups is 1. The van der Waals surface area contributed by atoms with Crippen LogP contribution in [0.5, 0.6) is 0 Å². The minimum absolute atomic E-state index is 0.287. The van der Waals surface area contributed by atoms with Crippen molar-refractivity contribution >= 4 is 12.1 Å². The van der Waals surface area contributed by atoms with Crippen LogP contribution in [0.25, 0.3) is 0 Å². The molecule has 1 saturated carbocycles. The summed E-state index contributed by atoms with van der Waals surface area (Å²) in [6, 6.07) is -0.489. The molecule has 0 aliphatic heterocycles. The van der Waals surface area contributed by atoms with E-state index in [9.17, 15) is 14.7 Å². The SMILES string of the molecule is CC(C)(C)OC(=O)N[C@@H]1C[C@H](C(=O)OC(C)(C)C)C[C@H]1O. The number of esters is 1. The van der Waals surface area contributed by atoms with E-state index in [-0.39, 0.29) is 12.4 Å². The van der Waals surface area contributed by atoms with E-state index in [4.69, 9.17) is 9.47 Å². The van der Waals surface area contributed by atoms with Gasteiger partial charge in [0.05, 0.1) is 18.1 Å². The summed E-state index contributed by atoms with van der Waals surface area (Å²) in [5.74, 6) is -0.741. The van der Waals surface area contributed by atoms with Crippen LogP contribution < -0.4 is 5.32 Å². The Labute approximate surface area is 126 Å². The van der Waals surface area contributed by atoms with Gasteiger partial charge in [0.15, 0.2) is 0 Å². The summed E-state index contributed by atoms with van der Waals surface area (Å²) in [5.41, 5.74) is -1.16. The van der Waals surface area contributed by atoms with Gasteiger partial charge in [0.25, 0.3) is 0 Å². The van der Waals surface area contributed by atoms with Gasteiger partial charge in [0.1, 0.15) is 11.2 Å². The fourth-order valence-electron chi connectivity index (χ4n) is 2.21. The molecule has 122 valence electrons. The molecule has 0 aromatic heterocycles. The Morgan fingerprint density at radius 1 is 1.00 bits per heavy atom. The van der Waals surface area contributed by atoms with E-state index >= 15 is 0 Å². The van der Waals surface area contributed by atoms with Gasteiger partial charge >= 0.3 is 12.1 Å². The molecule has 0 spiro atoms. The lowest BCUT2D eigenvalue weighted by Crippen LogP contribution is -2.42. The number of hydrogen-bond acceptors (Lipinski definition) is 5. The Balaban J connectivity index is 2.53. The van der Waals surface area contributed by atoms with E-state index in [1.807, 2.05) is 0 Å². The lowest BCUT2D eigenvalue weighted by atomic mass is 10.1. The van der Waals surface area contributed by atoms with Crippen molar-refractivity contribution in [3.63, 3.8) is 0 Å². The van der Waals surface area contributed by atoms with Gasteiger partial charge in [-0.25, -0.2) is 4.79 Å². The summed E-state index contributed by atoms with van der Waals surface area (Å²) in [7, 11) is 0. The Bertz CT molecular complexity index is 394. The molecular formula is C15H27NO5. The van der Waals surface area contributed by atoms with Crippen LogP contribution in [-0.4, -0.2) is 40.5 Å². The van der Waals surface area contributed by atoms with Crippen LogP contribution in [0.4, 0.5) is 4.79 Å². The fraction of sp³-hybridized carbons (Fsp3) is 0.867. The molecule has 6 nitrogen and oxygen atoms in total. The molecule has 0 bridgehead atoms. The first-order valence-corrected chi connectivity index (χ1v) is 7.28. The Morgan fingerprint density at radius 2 is 1.52 bits per heavy atom. The average Bonchev–Trinajstić information content (AvgIpc) is 2.54. The third-order valence-electron chi connectivity index (χ3n) is 2.97. The van der Waals surface area contributed by atoms with Gasteiger partial charge in [0, 0.05) is 0 Å². The largest absolute Gasteiger partial charge is 0.460 e. The van der Waals surface area contributed by atoms with Gasteiger partial charge in [-0.3, -0.25) is 4.79 Å². The molecule has 1 fully saturated rings. The van der Waals surface area contributed by atoms with Crippen LogP contribution in [0.1, 0.15) is 54.4 Å². The predicted octanol–water partition coefficient (Wildman–Crippen LogP) is 1.99. The number of aliphatic hydroxyl groups excluding tert-OH is 1. The molecule has 1 aliphatic rings. The Hall–Kier alpha value is -1.30. The van der Waals surface area contributed by atoms with Gasteiger partial charge in [-0.1, -0.05) is 0 Å². The standard InChI is InChI=1S/C15H27NO5/c1-14(2,3)20-12(18)9-7-10(11(17)8-9)16-13(19)21-15(4,5)6/h9-11,17H,7-8H2,1-6H3,(H,16,19)/t9-,10+,11+/m0/s1. The van der Waals surface area contributed by atoms with Crippen LogP contribution in [0.15, 0.2) is 0 Å². The van der Waals surface area contributed by atoms with Crippen LogP contribution >= 0.6 is 0 Å². The molecular weight excluding hydrogens is 274 g/mol. The summed E-state index contributed by atoms with van der Waals surface area (Å²) in [6.45, 7) is 10.7. The number of ether oxygens (including phenoxy) is 2. The van der Waals surface area contributed by atoms with E-state index < -0.39 is 35.4 Å². The van der Waals surface area contributed by atoms with E-state index in [1.165, 1.54) is 0 Å². The Morgan fingerprint density at radius 3 is 2.00 bits per heavy atom. The first kappa shape index (κ1) is 17.8. The summed E-state index contributed by atoms with van der Waals surface area (Å²) in [4.78, 5) is 23.7.